The normalized spacial score (nSPS) is 11.8. The predicted molar refractivity (Wildman–Crippen MR) is 96.5 cm³/mol. The van der Waals surface area contributed by atoms with Crippen molar-refractivity contribution >= 4 is 19.7 Å². The van der Waals surface area contributed by atoms with Crippen LogP contribution in [0.4, 0.5) is 0 Å². The number of hydrogen-bond donors (Lipinski definition) is 0. The third-order valence-electron chi connectivity index (χ3n) is 3.99. The second-order valence-electron chi connectivity index (χ2n) is 5.58. The summed E-state index contributed by atoms with van der Waals surface area (Å²) in [6.45, 7) is 0.415. The fourth-order valence-electron chi connectivity index (χ4n) is 2.63. The lowest BCUT2D eigenvalue weighted by Crippen LogP contribution is -2.46. The predicted octanol–water partition coefficient (Wildman–Crippen LogP) is 3.77. The zero-order valence-corrected chi connectivity index (χ0v) is 14.9. The van der Waals surface area contributed by atoms with Gasteiger partial charge < -0.3 is 13.3 Å². The molecular weight excluding hydrogens is 318 g/mol. The van der Waals surface area contributed by atoms with Crippen molar-refractivity contribution < 1.29 is 13.3 Å². The highest BCUT2D eigenvalue weighted by Crippen LogP contribution is 2.19. The Balaban J connectivity index is 1.75. The first kappa shape index (κ1) is 16.8. The fourth-order valence-corrected chi connectivity index (χ4v) is 4.55. The Kier molecular flexibility index (Phi) is 5.37. The summed E-state index contributed by atoms with van der Waals surface area (Å²) in [6.07, 6.45) is 1.84. The van der Waals surface area contributed by atoms with Crippen LogP contribution in [0.25, 0.3) is 10.9 Å². The molecule has 1 aromatic heterocycles. The van der Waals surface area contributed by atoms with Crippen LogP contribution < -0.4 is 0 Å². The number of nitrogens with zero attached hydrogens (tertiary/aromatic N) is 1. The molecule has 124 valence electrons. The number of rotatable bonds is 7. The smallest absolute Gasteiger partial charge is 0.377 e. The largest absolute Gasteiger partial charge is 0.505 e. The molecule has 0 spiro atoms. The van der Waals surface area contributed by atoms with Crippen molar-refractivity contribution in [3.8, 4) is 0 Å². The molecule has 0 aliphatic heterocycles. The Morgan fingerprint density at radius 1 is 0.875 bits per heavy atom. The van der Waals surface area contributed by atoms with Crippen molar-refractivity contribution in [2.45, 2.75) is 12.7 Å². The molecule has 0 bridgehead atoms. The van der Waals surface area contributed by atoms with Gasteiger partial charge in [-0.15, -0.1) is 0 Å². The molecule has 3 rings (SSSR count). The summed E-state index contributed by atoms with van der Waals surface area (Å²) < 4.78 is 17.5. The molecule has 0 saturated heterocycles. The van der Waals surface area contributed by atoms with E-state index < -0.39 is 8.80 Å². The lowest BCUT2D eigenvalue weighted by Gasteiger charge is -2.26. The average Bonchev–Trinajstić information content (AvgIpc) is 2.66. The number of pyridine rings is 1. The molecule has 3 aromatic rings. The number of para-hydroxylation sites is 1. The van der Waals surface area contributed by atoms with E-state index in [4.69, 9.17) is 13.3 Å². The number of hydrogen-bond acceptors (Lipinski definition) is 4. The maximum atomic E-state index is 6.12. The van der Waals surface area contributed by atoms with Gasteiger partial charge in [-0.05, 0) is 23.3 Å². The van der Waals surface area contributed by atoms with E-state index in [0.29, 0.717) is 12.7 Å². The molecule has 0 amide bonds. The van der Waals surface area contributed by atoms with E-state index in [1.165, 1.54) is 0 Å². The molecule has 0 saturated carbocycles. The summed E-state index contributed by atoms with van der Waals surface area (Å²) in [5.74, 6) is 0. The van der Waals surface area contributed by atoms with Crippen molar-refractivity contribution in [1.82, 2.24) is 4.98 Å². The maximum Gasteiger partial charge on any atom is 0.505 e. The van der Waals surface area contributed by atoms with Gasteiger partial charge in [-0.25, -0.2) is 0 Å². The van der Waals surface area contributed by atoms with Gasteiger partial charge in [0.25, 0.3) is 0 Å². The zero-order valence-electron chi connectivity index (χ0n) is 13.9. The van der Waals surface area contributed by atoms with E-state index in [1.807, 2.05) is 48.7 Å². The van der Waals surface area contributed by atoms with Crippen molar-refractivity contribution in [2.24, 2.45) is 0 Å². The van der Waals surface area contributed by atoms with Crippen molar-refractivity contribution in [3.05, 3.63) is 78.0 Å². The molecular formula is C19H21NO3Si. The monoisotopic (exact) mass is 339 g/mol. The van der Waals surface area contributed by atoms with E-state index in [2.05, 4.69) is 23.2 Å². The first-order valence-corrected chi connectivity index (χ1v) is 9.80. The summed E-state index contributed by atoms with van der Waals surface area (Å²) in [7, 11) is 0.538. The molecule has 5 heteroatoms. The molecule has 0 N–H and O–H groups in total. The molecule has 0 radical (unpaired) electrons. The minimum Gasteiger partial charge on any atom is -0.377 e. The number of benzene rings is 2. The van der Waals surface area contributed by atoms with Gasteiger partial charge >= 0.3 is 8.80 Å². The Morgan fingerprint density at radius 2 is 1.58 bits per heavy atom. The molecule has 0 aliphatic rings. The van der Waals surface area contributed by atoms with Crippen molar-refractivity contribution in [1.29, 1.82) is 0 Å². The van der Waals surface area contributed by atoms with Crippen LogP contribution in [0.1, 0.15) is 11.1 Å². The van der Waals surface area contributed by atoms with Gasteiger partial charge in [0.05, 0.1) is 12.1 Å². The SMILES string of the molecule is CO[Si](Cc1ccccc1)(OC)OCc1cnc2ccccc2c1. The highest BCUT2D eigenvalue weighted by Gasteiger charge is 2.39. The van der Waals surface area contributed by atoms with E-state index in [0.717, 1.165) is 22.0 Å². The van der Waals surface area contributed by atoms with Gasteiger partial charge in [0.15, 0.2) is 0 Å². The first-order valence-electron chi connectivity index (χ1n) is 7.86. The zero-order chi connectivity index (χ0) is 16.8. The molecule has 0 fully saturated rings. The van der Waals surface area contributed by atoms with Crippen molar-refractivity contribution in [3.63, 3.8) is 0 Å². The number of fused-ring (bicyclic) bond motifs is 1. The Morgan fingerprint density at radius 3 is 2.33 bits per heavy atom. The van der Waals surface area contributed by atoms with Gasteiger partial charge in [0.2, 0.25) is 0 Å². The van der Waals surface area contributed by atoms with Crippen LogP contribution in [0.3, 0.4) is 0 Å². The van der Waals surface area contributed by atoms with E-state index in [-0.39, 0.29) is 0 Å². The second kappa shape index (κ2) is 7.68. The molecule has 4 nitrogen and oxygen atoms in total. The highest BCUT2D eigenvalue weighted by molar-refractivity contribution is 6.60. The average molecular weight is 339 g/mol. The van der Waals surface area contributed by atoms with Crippen LogP contribution in [-0.2, 0) is 25.9 Å². The second-order valence-corrected chi connectivity index (χ2v) is 8.40. The molecule has 1 heterocycles. The highest BCUT2D eigenvalue weighted by atomic mass is 28.4. The number of aromatic nitrogens is 1. The van der Waals surface area contributed by atoms with Crippen LogP contribution in [0.2, 0.25) is 0 Å². The summed E-state index contributed by atoms with van der Waals surface area (Å²) >= 11 is 0. The first-order chi connectivity index (χ1) is 11.7. The summed E-state index contributed by atoms with van der Waals surface area (Å²) in [4.78, 5) is 4.47. The van der Waals surface area contributed by atoms with Crippen LogP contribution in [-0.4, -0.2) is 28.0 Å². The third kappa shape index (κ3) is 3.88. The van der Waals surface area contributed by atoms with Gasteiger partial charge in [0.1, 0.15) is 0 Å². The quantitative estimate of drug-likeness (QED) is 0.615. The summed E-state index contributed by atoms with van der Waals surface area (Å²) in [5.41, 5.74) is 3.13. The molecule has 0 unspecified atom stereocenters. The topological polar surface area (TPSA) is 40.6 Å². The Hall–Kier alpha value is -2.05. The summed E-state index contributed by atoms with van der Waals surface area (Å²) in [6, 6.07) is 20.9. The third-order valence-corrected chi connectivity index (χ3v) is 6.66. The van der Waals surface area contributed by atoms with E-state index in [9.17, 15) is 0 Å². The molecule has 2 aromatic carbocycles. The lowest BCUT2D eigenvalue weighted by molar-refractivity contribution is 0.0903. The Labute approximate surface area is 143 Å². The van der Waals surface area contributed by atoms with Crippen molar-refractivity contribution in [2.75, 3.05) is 14.2 Å². The Bertz CT molecular complexity index is 791. The van der Waals surface area contributed by atoms with Gasteiger partial charge in [-0.3, -0.25) is 4.98 Å². The van der Waals surface area contributed by atoms with E-state index >= 15 is 0 Å². The van der Waals surface area contributed by atoms with Crippen LogP contribution in [0.5, 0.6) is 0 Å². The van der Waals surface area contributed by atoms with Crippen LogP contribution >= 0.6 is 0 Å². The van der Waals surface area contributed by atoms with Gasteiger partial charge in [0, 0.05) is 31.8 Å². The maximum absolute atomic E-state index is 6.12. The van der Waals surface area contributed by atoms with Gasteiger partial charge in [-0.2, -0.15) is 0 Å². The molecule has 24 heavy (non-hydrogen) atoms. The minimum absolute atomic E-state index is 0.415. The van der Waals surface area contributed by atoms with Crippen LogP contribution in [0.15, 0.2) is 66.9 Å². The minimum atomic E-state index is -2.76. The van der Waals surface area contributed by atoms with Gasteiger partial charge in [-0.1, -0.05) is 48.5 Å². The van der Waals surface area contributed by atoms with E-state index in [1.54, 1.807) is 14.2 Å². The summed E-state index contributed by atoms with van der Waals surface area (Å²) in [5, 5.41) is 1.10. The molecule has 0 atom stereocenters. The molecule has 0 aliphatic carbocycles. The van der Waals surface area contributed by atoms with Crippen LogP contribution in [0, 0.1) is 0 Å². The lowest BCUT2D eigenvalue weighted by atomic mass is 10.2. The standard InChI is InChI=1S/C19H21NO3Si/c1-21-24(22-2,15-16-8-4-3-5-9-16)23-14-17-12-18-10-6-7-11-19(18)20-13-17/h3-13H,14-15H2,1-2H3. The fraction of sp³-hybridized carbons (Fsp3) is 0.211.